The topological polar surface area (TPSA) is 23.8 Å². The Balaban J connectivity index is 2.64. The van der Waals surface area contributed by atoms with Crippen LogP contribution in [0, 0.1) is 11.3 Å². The molecule has 0 spiro atoms. The lowest BCUT2D eigenvalue weighted by Crippen LogP contribution is -2.10. The molecule has 1 unspecified atom stereocenters. The lowest BCUT2D eigenvalue weighted by atomic mass is 9.80. The van der Waals surface area contributed by atoms with Crippen molar-refractivity contribution in [2.75, 3.05) is 0 Å². The van der Waals surface area contributed by atoms with E-state index in [0.717, 1.165) is 36.0 Å². The summed E-state index contributed by atoms with van der Waals surface area (Å²) in [6.45, 7) is 5.97. The van der Waals surface area contributed by atoms with E-state index in [0.29, 0.717) is 5.02 Å². The maximum atomic E-state index is 9.14. The van der Waals surface area contributed by atoms with Crippen molar-refractivity contribution < 1.29 is 0 Å². The van der Waals surface area contributed by atoms with E-state index in [2.05, 4.69) is 12.6 Å². The van der Waals surface area contributed by atoms with Crippen LogP contribution in [-0.2, 0) is 6.42 Å². The van der Waals surface area contributed by atoms with E-state index in [9.17, 15) is 0 Å². The molecule has 2 heteroatoms. The first-order chi connectivity index (χ1) is 7.63. The Morgan fingerprint density at radius 3 is 2.94 bits per heavy atom. The molecule has 0 aromatic heterocycles. The van der Waals surface area contributed by atoms with Gasteiger partial charge in [-0.3, -0.25) is 0 Å². The van der Waals surface area contributed by atoms with Crippen LogP contribution in [0.5, 0.6) is 0 Å². The molecule has 0 saturated heterocycles. The number of allylic oxidation sites excluding steroid dienone is 1. The quantitative estimate of drug-likeness (QED) is 0.706. The molecule has 1 aromatic rings. The maximum absolute atomic E-state index is 9.14. The van der Waals surface area contributed by atoms with Crippen molar-refractivity contribution in [1.82, 2.24) is 0 Å². The van der Waals surface area contributed by atoms with Gasteiger partial charge in [0.05, 0.1) is 12.0 Å². The Kier molecular flexibility index (Phi) is 3.03. The van der Waals surface area contributed by atoms with Crippen LogP contribution in [-0.4, -0.2) is 0 Å². The number of halogens is 1. The molecule has 0 fully saturated rings. The third kappa shape index (κ3) is 1.86. The predicted octanol–water partition coefficient (Wildman–Crippen LogP) is 4.32. The highest BCUT2D eigenvalue weighted by Crippen LogP contribution is 2.37. The molecule has 1 atom stereocenters. The highest BCUT2D eigenvalue weighted by molar-refractivity contribution is 6.30. The molecule has 0 heterocycles. The van der Waals surface area contributed by atoms with Gasteiger partial charge in [-0.1, -0.05) is 23.8 Å². The highest BCUT2D eigenvalue weighted by Gasteiger charge is 2.22. The van der Waals surface area contributed by atoms with Crippen molar-refractivity contribution in [3.63, 3.8) is 0 Å². The van der Waals surface area contributed by atoms with Crippen molar-refractivity contribution >= 4 is 17.2 Å². The molecule has 16 heavy (non-hydrogen) atoms. The first kappa shape index (κ1) is 11.2. The molecule has 0 saturated carbocycles. The monoisotopic (exact) mass is 231 g/mol. The SMILES string of the molecule is C=C(C)c1cc(Cl)cc2c1CCCC2C#N. The molecule has 0 aliphatic heterocycles. The Morgan fingerprint density at radius 2 is 2.31 bits per heavy atom. The van der Waals surface area contributed by atoms with Crippen LogP contribution >= 0.6 is 11.6 Å². The van der Waals surface area contributed by atoms with Crippen LogP contribution in [0.2, 0.25) is 5.02 Å². The first-order valence-corrected chi connectivity index (χ1v) is 5.89. The zero-order valence-electron chi connectivity index (χ0n) is 9.39. The molecule has 2 rings (SSSR count). The van der Waals surface area contributed by atoms with Gasteiger partial charge in [-0.05, 0) is 55.0 Å². The first-order valence-electron chi connectivity index (χ1n) is 5.51. The Labute approximate surface area is 101 Å². The standard InChI is InChI=1S/C14H14ClN/c1-9(2)13-6-11(15)7-14-10(8-16)4-3-5-12(13)14/h6-7,10H,1,3-5H2,2H3. The Morgan fingerprint density at radius 1 is 1.56 bits per heavy atom. The van der Waals surface area contributed by atoms with Gasteiger partial charge < -0.3 is 0 Å². The van der Waals surface area contributed by atoms with E-state index in [1.54, 1.807) is 0 Å². The molecule has 1 aliphatic carbocycles. The fraction of sp³-hybridized carbons (Fsp3) is 0.357. The number of nitriles is 1. The second-order valence-electron chi connectivity index (χ2n) is 4.38. The largest absolute Gasteiger partial charge is 0.198 e. The summed E-state index contributed by atoms with van der Waals surface area (Å²) in [7, 11) is 0. The van der Waals surface area contributed by atoms with E-state index in [-0.39, 0.29) is 5.92 Å². The summed E-state index contributed by atoms with van der Waals surface area (Å²) in [6.07, 6.45) is 3.06. The minimum atomic E-state index is 0.000509. The molecule has 1 aromatic carbocycles. The fourth-order valence-electron chi connectivity index (χ4n) is 2.40. The van der Waals surface area contributed by atoms with Gasteiger partial charge in [-0.2, -0.15) is 5.26 Å². The van der Waals surface area contributed by atoms with Crippen LogP contribution in [0.1, 0.15) is 42.4 Å². The van der Waals surface area contributed by atoms with E-state index in [1.807, 2.05) is 19.1 Å². The summed E-state index contributed by atoms with van der Waals surface area (Å²) in [5.41, 5.74) is 4.54. The number of hydrogen-bond donors (Lipinski definition) is 0. The van der Waals surface area contributed by atoms with E-state index < -0.39 is 0 Å². The van der Waals surface area contributed by atoms with E-state index >= 15 is 0 Å². The summed E-state index contributed by atoms with van der Waals surface area (Å²) in [5.74, 6) is 0.000509. The number of fused-ring (bicyclic) bond motifs is 1. The third-order valence-corrected chi connectivity index (χ3v) is 3.38. The molecule has 82 valence electrons. The van der Waals surface area contributed by atoms with E-state index in [1.165, 1.54) is 5.56 Å². The second kappa shape index (κ2) is 4.31. The van der Waals surface area contributed by atoms with Crippen LogP contribution in [0.15, 0.2) is 18.7 Å². The molecule has 1 aliphatic rings. The number of benzene rings is 1. The van der Waals surface area contributed by atoms with Gasteiger partial charge in [-0.25, -0.2) is 0 Å². The van der Waals surface area contributed by atoms with Gasteiger partial charge in [0, 0.05) is 5.02 Å². The van der Waals surface area contributed by atoms with Gasteiger partial charge in [0.2, 0.25) is 0 Å². The summed E-state index contributed by atoms with van der Waals surface area (Å²) < 4.78 is 0. The normalized spacial score (nSPS) is 18.7. The van der Waals surface area contributed by atoms with E-state index in [4.69, 9.17) is 16.9 Å². The average Bonchev–Trinajstić information content (AvgIpc) is 2.27. The van der Waals surface area contributed by atoms with Crippen LogP contribution < -0.4 is 0 Å². The van der Waals surface area contributed by atoms with Crippen LogP contribution in [0.3, 0.4) is 0 Å². The zero-order chi connectivity index (χ0) is 11.7. The van der Waals surface area contributed by atoms with Crippen molar-refractivity contribution in [3.05, 3.63) is 40.4 Å². The molecular formula is C14H14ClN. The minimum absolute atomic E-state index is 0.000509. The third-order valence-electron chi connectivity index (χ3n) is 3.16. The lowest BCUT2D eigenvalue weighted by molar-refractivity contribution is 0.635. The molecular weight excluding hydrogens is 218 g/mol. The van der Waals surface area contributed by atoms with Crippen LogP contribution in [0.25, 0.3) is 5.57 Å². The maximum Gasteiger partial charge on any atom is 0.0716 e. The summed E-state index contributed by atoms with van der Waals surface area (Å²) in [5, 5.41) is 9.85. The zero-order valence-corrected chi connectivity index (χ0v) is 10.1. The van der Waals surface area contributed by atoms with Crippen molar-refractivity contribution in [2.45, 2.75) is 32.1 Å². The van der Waals surface area contributed by atoms with Crippen molar-refractivity contribution in [3.8, 4) is 6.07 Å². The molecule has 0 bridgehead atoms. The molecule has 0 radical (unpaired) electrons. The fourth-order valence-corrected chi connectivity index (χ4v) is 2.63. The molecule has 0 N–H and O–H groups in total. The predicted molar refractivity (Wildman–Crippen MR) is 67.5 cm³/mol. The number of hydrogen-bond acceptors (Lipinski definition) is 1. The smallest absolute Gasteiger partial charge is 0.0716 e. The van der Waals surface area contributed by atoms with Gasteiger partial charge in [-0.15, -0.1) is 0 Å². The number of rotatable bonds is 1. The van der Waals surface area contributed by atoms with Gasteiger partial charge in [0.25, 0.3) is 0 Å². The van der Waals surface area contributed by atoms with Gasteiger partial charge >= 0.3 is 0 Å². The second-order valence-corrected chi connectivity index (χ2v) is 4.81. The lowest BCUT2D eigenvalue weighted by Gasteiger charge is -2.23. The number of nitrogens with zero attached hydrogens (tertiary/aromatic N) is 1. The van der Waals surface area contributed by atoms with Crippen molar-refractivity contribution in [2.24, 2.45) is 0 Å². The summed E-state index contributed by atoms with van der Waals surface area (Å²) in [6, 6.07) is 6.27. The average molecular weight is 232 g/mol. The minimum Gasteiger partial charge on any atom is -0.198 e. The van der Waals surface area contributed by atoms with Crippen LogP contribution in [0.4, 0.5) is 0 Å². The molecule has 0 amide bonds. The Bertz CT molecular complexity index is 482. The molecule has 1 nitrogen and oxygen atoms in total. The summed E-state index contributed by atoms with van der Waals surface area (Å²) in [4.78, 5) is 0. The highest BCUT2D eigenvalue weighted by atomic mass is 35.5. The van der Waals surface area contributed by atoms with Gasteiger partial charge in [0.1, 0.15) is 0 Å². The summed E-state index contributed by atoms with van der Waals surface area (Å²) >= 11 is 6.10. The Hall–Kier alpha value is -1.26. The van der Waals surface area contributed by atoms with Gasteiger partial charge in [0.15, 0.2) is 0 Å². The van der Waals surface area contributed by atoms with Crippen molar-refractivity contribution in [1.29, 1.82) is 5.26 Å².